The highest BCUT2D eigenvalue weighted by Crippen LogP contribution is 2.34. The standard InChI is InChI=1S/C21H37N3O4.ClH/c1-5-17-12-23(10-15(3)27-17)19(25)9-21(7-8-22-14-21)20(26)24-11-16(4)28-18(6-2)13-24;/h15-18,22H,5-14H2,1-4H3;1H. The van der Waals surface area contributed by atoms with Gasteiger partial charge < -0.3 is 24.6 Å². The largest absolute Gasteiger partial charge is 0.372 e. The summed E-state index contributed by atoms with van der Waals surface area (Å²) in [6.07, 6.45) is 3.04. The highest BCUT2D eigenvalue weighted by Gasteiger charge is 2.47. The molecule has 0 bridgehead atoms. The van der Waals surface area contributed by atoms with Crippen LogP contribution in [-0.4, -0.2) is 85.3 Å². The van der Waals surface area contributed by atoms with Gasteiger partial charge in [0.25, 0.3) is 0 Å². The van der Waals surface area contributed by atoms with Crippen LogP contribution in [0.4, 0.5) is 0 Å². The first-order valence-corrected chi connectivity index (χ1v) is 11.0. The lowest BCUT2D eigenvalue weighted by atomic mass is 9.81. The van der Waals surface area contributed by atoms with E-state index in [0.29, 0.717) is 32.7 Å². The summed E-state index contributed by atoms with van der Waals surface area (Å²) >= 11 is 0. The maximum atomic E-state index is 13.6. The summed E-state index contributed by atoms with van der Waals surface area (Å²) in [6, 6.07) is 0. The predicted octanol–water partition coefficient (Wildman–Crippen LogP) is 1.83. The van der Waals surface area contributed by atoms with Crippen LogP contribution in [0.5, 0.6) is 0 Å². The number of carbonyl (C=O) groups is 2. The Morgan fingerprint density at radius 2 is 1.52 bits per heavy atom. The summed E-state index contributed by atoms with van der Waals surface area (Å²) in [5, 5.41) is 3.33. The van der Waals surface area contributed by atoms with Crippen molar-refractivity contribution in [3.05, 3.63) is 0 Å². The zero-order valence-electron chi connectivity index (χ0n) is 18.3. The number of amides is 2. The van der Waals surface area contributed by atoms with Crippen LogP contribution < -0.4 is 5.32 Å². The Balaban J connectivity index is 0.00000300. The fraction of sp³-hybridized carbons (Fsp3) is 0.905. The van der Waals surface area contributed by atoms with Crippen LogP contribution >= 0.6 is 12.4 Å². The number of halogens is 1. The third-order valence-corrected chi connectivity index (χ3v) is 6.39. The van der Waals surface area contributed by atoms with Crippen molar-refractivity contribution in [3.8, 4) is 0 Å². The van der Waals surface area contributed by atoms with Crippen LogP contribution in [-0.2, 0) is 19.1 Å². The number of nitrogens with zero attached hydrogens (tertiary/aromatic N) is 2. The van der Waals surface area contributed by atoms with Gasteiger partial charge in [-0.15, -0.1) is 12.4 Å². The lowest BCUT2D eigenvalue weighted by molar-refractivity contribution is -0.159. The lowest BCUT2D eigenvalue weighted by Gasteiger charge is -2.42. The Kier molecular flexibility index (Phi) is 8.76. The van der Waals surface area contributed by atoms with Gasteiger partial charge in [0, 0.05) is 39.1 Å². The molecule has 3 aliphatic heterocycles. The van der Waals surface area contributed by atoms with Crippen LogP contribution in [0.3, 0.4) is 0 Å². The average molecular weight is 432 g/mol. The zero-order chi connectivity index (χ0) is 20.3. The van der Waals surface area contributed by atoms with E-state index >= 15 is 0 Å². The minimum atomic E-state index is -0.629. The molecule has 0 spiro atoms. The fourth-order valence-corrected chi connectivity index (χ4v) is 4.80. The van der Waals surface area contributed by atoms with E-state index in [1.54, 1.807) is 0 Å². The Bertz CT molecular complexity index is 570. The van der Waals surface area contributed by atoms with Gasteiger partial charge in [-0.25, -0.2) is 0 Å². The molecular formula is C21H38ClN3O4. The second kappa shape index (κ2) is 10.4. The quantitative estimate of drug-likeness (QED) is 0.719. The molecule has 2 amide bonds. The van der Waals surface area contributed by atoms with Crippen molar-refractivity contribution in [1.82, 2.24) is 15.1 Å². The van der Waals surface area contributed by atoms with Gasteiger partial charge in [0.15, 0.2) is 0 Å². The second-order valence-corrected chi connectivity index (χ2v) is 8.85. The first kappa shape index (κ1) is 24.4. The molecule has 3 fully saturated rings. The summed E-state index contributed by atoms with van der Waals surface area (Å²) in [7, 11) is 0. The molecule has 0 radical (unpaired) electrons. The van der Waals surface area contributed by atoms with Crippen molar-refractivity contribution in [1.29, 1.82) is 0 Å². The SMILES string of the molecule is CCC1CN(C(=O)CC2(C(=O)N3CC(C)OC(CC)C3)CCNC2)CC(C)O1.Cl. The summed E-state index contributed by atoms with van der Waals surface area (Å²) in [5.41, 5.74) is -0.629. The third-order valence-electron chi connectivity index (χ3n) is 6.39. The average Bonchev–Trinajstić information content (AvgIpc) is 3.15. The van der Waals surface area contributed by atoms with E-state index < -0.39 is 5.41 Å². The van der Waals surface area contributed by atoms with Crippen LogP contribution in [0.1, 0.15) is 53.4 Å². The van der Waals surface area contributed by atoms with Gasteiger partial charge in [-0.05, 0) is 39.7 Å². The molecule has 3 aliphatic rings. The molecule has 3 saturated heterocycles. The summed E-state index contributed by atoms with van der Waals surface area (Å²) in [4.78, 5) is 30.6. The van der Waals surface area contributed by atoms with Crippen molar-refractivity contribution < 1.29 is 19.1 Å². The molecular weight excluding hydrogens is 394 g/mol. The number of ether oxygens (including phenoxy) is 2. The van der Waals surface area contributed by atoms with Crippen molar-refractivity contribution in [3.63, 3.8) is 0 Å². The minimum absolute atomic E-state index is 0. The monoisotopic (exact) mass is 431 g/mol. The van der Waals surface area contributed by atoms with E-state index in [-0.39, 0.29) is 55.1 Å². The topological polar surface area (TPSA) is 71.1 Å². The molecule has 3 rings (SSSR count). The molecule has 29 heavy (non-hydrogen) atoms. The normalized spacial score (nSPS) is 35.3. The van der Waals surface area contributed by atoms with Gasteiger partial charge in [0.1, 0.15) is 0 Å². The van der Waals surface area contributed by atoms with E-state index in [9.17, 15) is 9.59 Å². The van der Waals surface area contributed by atoms with Crippen molar-refractivity contribution in [2.24, 2.45) is 5.41 Å². The number of nitrogens with one attached hydrogen (secondary N) is 1. The Hall–Kier alpha value is -0.890. The number of carbonyl (C=O) groups excluding carboxylic acids is 2. The maximum absolute atomic E-state index is 13.6. The number of morpholine rings is 2. The molecule has 0 aromatic heterocycles. The van der Waals surface area contributed by atoms with Crippen LogP contribution in [0.15, 0.2) is 0 Å². The van der Waals surface area contributed by atoms with Crippen LogP contribution in [0.2, 0.25) is 0 Å². The minimum Gasteiger partial charge on any atom is -0.372 e. The van der Waals surface area contributed by atoms with Gasteiger partial charge in [-0.1, -0.05) is 13.8 Å². The zero-order valence-corrected chi connectivity index (χ0v) is 19.1. The molecule has 1 N–H and O–H groups in total. The smallest absolute Gasteiger partial charge is 0.230 e. The molecule has 0 aliphatic carbocycles. The van der Waals surface area contributed by atoms with Crippen LogP contribution in [0.25, 0.3) is 0 Å². The third kappa shape index (κ3) is 5.63. The van der Waals surface area contributed by atoms with E-state index in [4.69, 9.17) is 9.47 Å². The Morgan fingerprint density at radius 1 is 0.966 bits per heavy atom. The first-order chi connectivity index (χ1) is 13.4. The van der Waals surface area contributed by atoms with Gasteiger partial charge >= 0.3 is 0 Å². The highest BCUT2D eigenvalue weighted by molar-refractivity contribution is 5.90. The van der Waals surface area contributed by atoms with Crippen molar-refractivity contribution in [2.45, 2.75) is 77.8 Å². The van der Waals surface area contributed by atoms with Gasteiger partial charge in [0.05, 0.1) is 29.8 Å². The molecule has 5 atom stereocenters. The van der Waals surface area contributed by atoms with E-state index in [0.717, 1.165) is 25.8 Å². The van der Waals surface area contributed by atoms with E-state index in [1.807, 2.05) is 23.6 Å². The second-order valence-electron chi connectivity index (χ2n) is 8.85. The van der Waals surface area contributed by atoms with E-state index in [1.165, 1.54) is 0 Å². The maximum Gasteiger partial charge on any atom is 0.230 e. The fourth-order valence-electron chi connectivity index (χ4n) is 4.80. The van der Waals surface area contributed by atoms with Gasteiger partial charge in [-0.2, -0.15) is 0 Å². The Labute approximate surface area is 181 Å². The lowest BCUT2D eigenvalue weighted by Crippen LogP contribution is -2.56. The van der Waals surface area contributed by atoms with Crippen molar-refractivity contribution >= 4 is 24.2 Å². The highest BCUT2D eigenvalue weighted by atomic mass is 35.5. The number of hydrogen-bond acceptors (Lipinski definition) is 5. The summed E-state index contributed by atoms with van der Waals surface area (Å²) in [5.74, 6) is 0.201. The van der Waals surface area contributed by atoms with E-state index in [2.05, 4.69) is 19.2 Å². The molecule has 7 nitrogen and oxygen atoms in total. The number of rotatable bonds is 5. The molecule has 168 valence electrons. The first-order valence-electron chi connectivity index (χ1n) is 11.0. The van der Waals surface area contributed by atoms with Gasteiger partial charge in [-0.3, -0.25) is 9.59 Å². The number of hydrogen-bond donors (Lipinski definition) is 1. The van der Waals surface area contributed by atoms with Crippen molar-refractivity contribution in [2.75, 3.05) is 39.3 Å². The molecule has 0 saturated carbocycles. The van der Waals surface area contributed by atoms with Gasteiger partial charge in [0.2, 0.25) is 11.8 Å². The Morgan fingerprint density at radius 3 is 2.03 bits per heavy atom. The summed E-state index contributed by atoms with van der Waals surface area (Å²) in [6.45, 7) is 12.0. The molecule has 5 unspecified atom stereocenters. The molecule has 8 heteroatoms. The molecule has 0 aromatic rings. The van der Waals surface area contributed by atoms with Crippen LogP contribution in [0, 0.1) is 5.41 Å². The summed E-state index contributed by atoms with van der Waals surface area (Å²) < 4.78 is 11.8. The molecule has 0 aromatic carbocycles. The molecule has 3 heterocycles. The predicted molar refractivity (Wildman–Crippen MR) is 114 cm³/mol.